The summed E-state index contributed by atoms with van der Waals surface area (Å²) in [7, 11) is 0. The summed E-state index contributed by atoms with van der Waals surface area (Å²) in [6, 6.07) is -0.0415. The molecule has 1 saturated carbocycles. The summed E-state index contributed by atoms with van der Waals surface area (Å²) in [5.74, 6) is 0.131. The van der Waals surface area contributed by atoms with E-state index in [2.05, 4.69) is 22.1 Å². The molecule has 0 aromatic carbocycles. The molecular formula is C15H27N3O. The van der Waals surface area contributed by atoms with Gasteiger partial charge in [-0.1, -0.05) is 25.3 Å². The van der Waals surface area contributed by atoms with Crippen molar-refractivity contribution in [2.24, 2.45) is 0 Å². The van der Waals surface area contributed by atoms with Crippen LogP contribution in [0.15, 0.2) is 12.7 Å². The Labute approximate surface area is 116 Å². The van der Waals surface area contributed by atoms with Crippen LogP contribution >= 0.6 is 0 Å². The van der Waals surface area contributed by atoms with Crippen molar-refractivity contribution in [3.8, 4) is 0 Å². The highest BCUT2D eigenvalue weighted by Gasteiger charge is 2.43. The Hall–Kier alpha value is -0.870. The van der Waals surface area contributed by atoms with Gasteiger partial charge in [0, 0.05) is 31.7 Å². The van der Waals surface area contributed by atoms with Gasteiger partial charge in [-0.2, -0.15) is 0 Å². The zero-order valence-electron chi connectivity index (χ0n) is 12.1. The smallest absolute Gasteiger partial charge is 0.237 e. The molecule has 0 radical (unpaired) electrons. The van der Waals surface area contributed by atoms with E-state index in [9.17, 15) is 4.79 Å². The average Bonchev–Trinajstić information content (AvgIpc) is 2.45. The first-order chi connectivity index (χ1) is 9.19. The molecule has 2 aliphatic rings. The van der Waals surface area contributed by atoms with Crippen LogP contribution in [-0.4, -0.2) is 48.6 Å². The molecule has 1 spiro atoms. The van der Waals surface area contributed by atoms with Crippen LogP contribution in [0, 0.1) is 0 Å². The quantitative estimate of drug-likeness (QED) is 0.753. The molecule has 2 fully saturated rings. The Balaban J connectivity index is 2.05. The van der Waals surface area contributed by atoms with Crippen LogP contribution in [0.4, 0.5) is 0 Å². The van der Waals surface area contributed by atoms with E-state index in [0.717, 1.165) is 19.6 Å². The zero-order chi connectivity index (χ0) is 13.7. The van der Waals surface area contributed by atoms with Gasteiger partial charge in [0.1, 0.15) is 0 Å². The maximum atomic E-state index is 12.2. The van der Waals surface area contributed by atoms with Gasteiger partial charge in [-0.05, 0) is 19.8 Å². The summed E-state index contributed by atoms with van der Waals surface area (Å²) in [6.07, 6.45) is 8.10. The van der Waals surface area contributed by atoms with Crippen LogP contribution in [0.1, 0.15) is 39.0 Å². The Kier molecular flexibility index (Phi) is 4.99. The standard InChI is InChI=1S/C15H27N3O/c1-3-9-17-14(19)13(2)18-11-10-16-12-15(18)7-5-4-6-8-15/h3,13,16H,1,4-12H2,2H3,(H,17,19). The summed E-state index contributed by atoms with van der Waals surface area (Å²) >= 11 is 0. The molecule has 1 aliphatic heterocycles. The highest BCUT2D eigenvalue weighted by atomic mass is 16.2. The largest absolute Gasteiger partial charge is 0.351 e. The highest BCUT2D eigenvalue weighted by Crippen LogP contribution is 2.35. The normalized spacial score (nSPS) is 24.9. The maximum absolute atomic E-state index is 12.2. The number of nitrogens with zero attached hydrogens (tertiary/aromatic N) is 1. The molecule has 1 aliphatic carbocycles. The van der Waals surface area contributed by atoms with Gasteiger partial charge < -0.3 is 10.6 Å². The number of hydrogen-bond acceptors (Lipinski definition) is 3. The van der Waals surface area contributed by atoms with Crippen molar-refractivity contribution in [2.75, 3.05) is 26.2 Å². The topological polar surface area (TPSA) is 44.4 Å². The lowest BCUT2D eigenvalue weighted by atomic mass is 9.78. The van der Waals surface area contributed by atoms with Gasteiger partial charge in [-0.3, -0.25) is 9.69 Å². The fourth-order valence-corrected chi connectivity index (χ4v) is 3.60. The molecule has 2 rings (SSSR count). The van der Waals surface area contributed by atoms with E-state index in [4.69, 9.17) is 0 Å². The van der Waals surface area contributed by atoms with E-state index >= 15 is 0 Å². The molecule has 0 aromatic rings. The summed E-state index contributed by atoms with van der Waals surface area (Å²) in [4.78, 5) is 14.7. The van der Waals surface area contributed by atoms with Crippen LogP contribution in [0.5, 0.6) is 0 Å². The lowest BCUT2D eigenvalue weighted by Gasteiger charge is -2.51. The predicted octanol–water partition coefficient (Wildman–Crippen LogP) is 1.29. The number of carbonyl (C=O) groups is 1. The third kappa shape index (κ3) is 3.18. The Morgan fingerprint density at radius 2 is 2.21 bits per heavy atom. The third-order valence-electron chi connectivity index (χ3n) is 4.64. The number of carbonyl (C=O) groups excluding carboxylic acids is 1. The Morgan fingerprint density at radius 1 is 1.47 bits per heavy atom. The van der Waals surface area contributed by atoms with Crippen LogP contribution in [0.2, 0.25) is 0 Å². The first-order valence-corrected chi connectivity index (χ1v) is 7.56. The predicted molar refractivity (Wildman–Crippen MR) is 78.1 cm³/mol. The van der Waals surface area contributed by atoms with Gasteiger partial charge in [0.2, 0.25) is 5.91 Å². The third-order valence-corrected chi connectivity index (χ3v) is 4.64. The zero-order valence-corrected chi connectivity index (χ0v) is 12.1. The lowest BCUT2D eigenvalue weighted by Crippen LogP contribution is -2.66. The molecule has 1 unspecified atom stereocenters. The van der Waals surface area contributed by atoms with Crippen molar-refractivity contribution in [3.63, 3.8) is 0 Å². The molecule has 108 valence electrons. The van der Waals surface area contributed by atoms with E-state index < -0.39 is 0 Å². The molecule has 19 heavy (non-hydrogen) atoms. The fourth-order valence-electron chi connectivity index (χ4n) is 3.60. The monoisotopic (exact) mass is 265 g/mol. The van der Waals surface area contributed by atoms with Crippen molar-refractivity contribution >= 4 is 5.91 Å². The van der Waals surface area contributed by atoms with Crippen molar-refractivity contribution < 1.29 is 4.79 Å². The number of rotatable bonds is 4. The highest BCUT2D eigenvalue weighted by molar-refractivity contribution is 5.81. The molecule has 1 atom stereocenters. The maximum Gasteiger partial charge on any atom is 0.237 e. The number of nitrogens with one attached hydrogen (secondary N) is 2. The molecule has 4 heteroatoms. The average molecular weight is 265 g/mol. The summed E-state index contributed by atoms with van der Waals surface area (Å²) < 4.78 is 0. The minimum atomic E-state index is -0.0415. The van der Waals surface area contributed by atoms with Gasteiger partial charge in [0.25, 0.3) is 0 Å². The molecular weight excluding hydrogens is 238 g/mol. The van der Waals surface area contributed by atoms with Gasteiger partial charge in [0.15, 0.2) is 0 Å². The Bertz CT molecular complexity index is 315. The molecule has 0 aromatic heterocycles. The fraction of sp³-hybridized carbons (Fsp3) is 0.800. The van der Waals surface area contributed by atoms with E-state index in [1.807, 2.05) is 6.92 Å². The van der Waals surface area contributed by atoms with E-state index in [-0.39, 0.29) is 17.5 Å². The van der Waals surface area contributed by atoms with E-state index in [1.54, 1.807) is 6.08 Å². The number of amides is 1. The lowest BCUT2D eigenvalue weighted by molar-refractivity contribution is -0.130. The second-order valence-corrected chi connectivity index (χ2v) is 5.86. The van der Waals surface area contributed by atoms with Crippen LogP contribution in [0.25, 0.3) is 0 Å². The molecule has 1 saturated heterocycles. The van der Waals surface area contributed by atoms with E-state index in [1.165, 1.54) is 32.1 Å². The van der Waals surface area contributed by atoms with Gasteiger partial charge >= 0.3 is 0 Å². The Morgan fingerprint density at radius 3 is 2.89 bits per heavy atom. The summed E-state index contributed by atoms with van der Waals surface area (Å²) in [5, 5.41) is 6.46. The molecule has 1 heterocycles. The minimum absolute atomic E-state index is 0.0415. The van der Waals surface area contributed by atoms with Crippen molar-refractivity contribution in [1.29, 1.82) is 0 Å². The van der Waals surface area contributed by atoms with Crippen molar-refractivity contribution in [2.45, 2.75) is 50.6 Å². The second-order valence-electron chi connectivity index (χ2n) is 5.86. The summed E-state index contributed by atoms with van der Waals surface area (Å²) in [6.45, 7) is 9.24. The first kappa shape index (κ1) is 14.5. The van der Waals surface area contributed by atoms with Gasteiger partial charge in [0.05, 0.1) is 6.04 Å². The second kappa shape index (κ2) is 6.53. The molecule has 0 bridgehead atoms. The van der Waals surface area contributed by atoms with Crippen LogP contribution < -0.4 is 10.6 Å². The van der Waals surface area contributed by atoms with E-state index in [0.29, 0.717) is 6.54 Å². The van der Waals surface area contributed by atoms with Crippen LogP contribution in [0.3, 0.4) is 0 Å². The summed E-state index contributed by atoms with van der Waals surface area (Å²) in [5.41, 5.74) is 0.210. The molecule has 1 amide bonds. The minimum Gasteiger partial charge on any atom is -0.351 e. The van der Waals surface area contributed by atoms with Crippen molar-refractivity contribution in [1.82, 2.24) is 15.5 Å². The number of hydrogen-bond donors (Lipinski definition) is 2. The first-order valence-electron chi connectivity index (χ1n) is 7.56. The van der Waals surface area contributed by atoms with Crippen LogP contribution in [-0.2, 0) is 4.79 Å². The number of piperazine rings is 1. The SMILES string of the molecule is C=CCNC(=O)C(C)N1CCNCC12CCCCC2. The molecule has 4 nitrogen and oxygen atoms in total. The van der Waals surface area contributed by atoms with Crippen molar-refractivity contribution in [3.05, 3.63) is 12.7 Å². The van der Waals surface area contributed by atoms with Gasteiger partial charge in [-0.25, -0.2) is 0 Å². The molecule has 2 N–H and O–H groups in total. The van der Waals surface area contributed by atoms with Gasteiger partial charge in [-0.15, -0.1) is 6.58 Å².